The van der Waals surface area contributed by atoms with E-state index in [9.17, 15) is 4.79 Å². The lowest BCUT2D eigenvalue weighted by Gasteiger charge is -1.99. The number of carbonyl (C=O) groups is 1. The van der Waals surface area contributed by atoms with Crippen molar-refractivity contribution in [2.75, 3.05) is 19.0 Å². The summed E-state index contributed by atoms with van der Waals surface area (Å²) >= 11 is 3.12. The molecule has 0 saturated heterocycles. The quantitative estimate of drug-likeness (QED) is 0.860. The largest absolute Gasteiger partial charge is 0.464 e. The first kappa shape index (κ1) is 14.0. The van der Waals surface area contributed by atoms with Crippen molar-refractivity contribution in [1.82, 2.24) is 9.97 Å². The van der Waals surface area contributed by atoms with E-state index >= 15 is 0 Å². The number of hydrogen-bond acceptors (Lipinski definition) is 7. The van der Waals surface area contributed by atoms with Gasteiger partial charge in [0.15, 0.2) is 10.8 Å². The third-order valence-electron chi connectivity index (χ3n) is 2.46. The molecule has 102 valence electrons. The maximum absolute atomic E-state index is 11.4. The monoisotopic (exact) mass is 297 g/mol. The van der Waals surface area contributed by atoms with Gasteiger partial charge in [0.2, 0.25) is 0 Å². The number of methoxy groups -OCH3 is 1. The molecule has 0 fully saturated rings. The topological polar surface area (TPSA) is 64.1 Å². The van der Waals surface area contributed by atoms with Gasteiger partial charge in [-0.1, -0.05) is 0 Å². The van der Waals surface area contributed by atoms with Gasteiger partial charge in [0.25, 0.3) is 0 Å². The number of nitrogens with one attached hydrogen (secondary N) is 1. The van der Waals surface area contributed by atoms with Gasteiger partial charge >= 0.3 is 5.97 Å². The van der Waals surface area contributed by atoms with Crippen LogP contribution in [0.5, 0.6) is 0 Å². The highest BCUT2D eigenvalue weighted by Gasteiger charge is 2.15. The van der Waals surface area contributed by atoms with Gasteiger partial charge in [-0.2, -0.15) is 0 Å². The SMILES string of the molecule is COC(=O)c1nc(NCCc2nc(C)cs2)sc1C. The summed E-state index contributed by atoms with van der Waals surface area (Å²) in [5.41, 5.74) is 1.44. The molecule has 0 spiro atoms. The van der Waals surface area contributed by atoms with Crippen LogP contribution in [0.3, 0.4) is 0 Å². The van der Waals surface area contributed by atoms with Crippen molar-refractivity contribution in [3.63, 3.8) is 0 Å². The van der Waals surface area contributed by atoms with Gasteiger partial charge in [0.05, 0.1) is 12.1 Å². The van der Waals surface area contributed by atoms with Crippen molar-refractivity contribution in [2.45, 2.75) is 20.3 Å². The average Bonchev–Trinajstić information content (AvgIpc) is 2.95. The molecule has 2 rings (SSSR count). The van der Waals surface area contributed by atoms with Gasteiger partial charge in [-0.05, 0) is 13.8 Å². The number of anilines is 1. The fraction of sp³-hybridized carbons (Fsp3) is 0.417. The van der Waals surface area contributed by atoms with Crippen molar-refractivity contribution in [2.24, 2.45) is 0 Å². The zero-order valence-electron chi connectivity index (χ0n) is 11.0. The molecule has 0 radical (unpaired) electrons. The lowest BCUT2D eigenvalue weighted by Crippen LogP contribution is -2.06. The van der Waals surface area contributed by atoms with Gasteiger partial charge in [-0.3, -0.25) is 0 Å². The first-order valence-electron chi connectivity index (χ1n) is 5.80. The van der Waals surface area contributed by atoms with E-state index in [1.807, 2.05) is 19.2 Å². The van der Waals surface area contributed by atoms with E-state index in [1.165, 1.54) is 18.4 Å². The maximum atomic E-state index is 11.4. The lowest BCUT2D eigenvalue weighted by molar-refractivity contribution is 0.0594. The summed E-state index contributed by atoms with van der Waals surface area (Å²) in [7, 11) is 1.36. The fourth-order valence-corrected chi connectivity index (χ4v) is 3.15. The van der Waals surface area contributed by atoms with Crippen molar-refractivity contribution in [3.8, 4) is 0 Å². The Balaban J connectivity index is 1.91. The first-order valence-corrected chi connectivity index (χ1v) is 7.50. The Kier molecular flexibility index (Phi) is 4.49. The Bertz CT molecular complexity index is 577. The molecule has 2 aromatic heterocycles. The minimum Gasteiger partial charge on any atom is -0.464 e. The minimum absolute atomic E-state index is 0.389. The summed E-state index contributed by atoms with van der Waals surface area (Å²) in [4.78, 5) is 20.9. The Morgan fingerprint density at radius 3 is 2.84 bits per heavy atom. The van der Waals surface area contributed by atoms with Crippen LogP contribution in [-0.4, -0.2) is 29.6 Å². The summed E-state index contributed by atoms with van der Waals surface area (Å²) in [6.07, 6.45) is 0.852. The number of rotatable bonds is 5. The molecule has 0 aromatic carbocycles. The summed E-state index contributed by atoms with van der Waals surface area (Å²) in [5, 5.41) is 7.09. The zero-order valence-corrected chi connectivity index (χ0v) is 12.7. The van der Waals surface area contributed by atoms with Crippen molar-refractivity contribution in [3.05, 3.63) is 26.7 Å². The number of ether oxygens (including phenoxy) is 1. The number of carbonyl (C=O) groups excluding carboxylic acids is 1. The second-order valence-corrected chi connectivity index (χ2v) is 6.12. The van der Waals surface area contributed by atoms with E-state index < -0.39 is 5.97 Å². The van der Waals surface area contributed by atoms with E-state index in [2.05, 4.69) is 20.0 Å². The third kappa shape index (κ3) is 3.51. The van der Waals surface area contributed by atoms with E-state index in [1.54, 1.807) is 11.3 Å². The molecular weight excluding hydrogens is 282 g/mol. The van der Waals surface area contributed by atoms with Crippen LogP contribution in [0.1, 0.15) is 26.1 Å². The van der Waals surface area contributed by atoms with E-state index in [0.29, 0.717) is 5.69 Å². The van der Waals surface area contributed by atoms with E-state index in [0.717, 1.165) is 33.7 Å². The Morgan fingerprint density at radius 2 is 2.21 bits per heavy atom. The first-order chi connectivity index (χ1) is 9.10. The van der Waals surface area contributed by atoms with E-state index in [4.69, 9.17) is 0 Å². The van der Waals surface area contributed by atoms with Crippen LogP contribution in [0, 0.1) is 13.8 Å². The lowest BCUT2D eigenvalue weighted by atomic mass is 10.4. The molecule has 1 N–H and O–H groups in total. The molecule has 0 aliphatic heterocycles. The van der Waals surface area contributed by atoms with Gasteiger partial charge < -0.3 is 10.1 Å². The molecule has 0 amide bonds. The Labute approximate surface area is 119 Å². The fourth-order valence-electron chi connectivity index (χ4n) is 1.55. The van der Waals surface area contributed by atoms with Gasteiger partial charge in [-0.15, -0.1) is 22.7 Å². The highest BCUT2D eigenvalue weighted by atomic mass is 32.1. The normalized spacial score (nSPS) is 10.5. The average molecular weight is 297 g/mol. The van der Waals surface area contributed by atoms with Crippen LogP contribution >= 0.6 is 22.7 Å². The predicted octanol–water partition coefficient (Wildman–Crippen LogP) is 2.66. The van der Waals surface area contributed by atoms with Gasteiger partial charge in [0.1, 0.15) is 0 Å². The molecule has 5 nitrogen and oxygen atoms in total. The van der Waals surface area contributed by atoms with Crippen LogP contribution in [0.15, 0.2) is 5.38 Å². The molecule has 2 heterocycles. The number of aryl methyl sites for hydroxylation is 2. The molecule has 0 saturated carbocycles. The standard InChI is InChI=1S/C12H15N3O2S2/c1-7-6-18-9(14-7)4-5-13-12-15-10(8(2)19-12)11(16)17-3/h6H,4-5H2,1-3H3,(H,13,15). The highest BCUT2D eigenvalue weighted by molar-refractivity contribution is 7.15. The highest BCUT2D eigenvalue weighted by Crippen LogP contribution is 2.22. The molecule has 0 atom stereocenters. The Morgan fingerprint density at radius 1 is 1.42 bits per heavy atom. The minimum atomic E-state index is -0.391. The summed E-state index contributed by atoms with van der Waals surface area (Å²) in [6.45, 7) is 4.60. The maximum Gasteiger partial charge on any atom is 0.357 e. The van der Waals surface area contributed by atoms with E-state index in [-0.39, 0.29) is 0 Å². The van der Waals surface area contributed by atoms with Gasteiger partial charge in [0, 0.05) is 28.9 Å². The number of nitrogens with zero attached hydrogens (tertiary/aromatic N) is 2. The molecule has 7 heteroatoms. The smallest absolute Gasteiger partial charge is 0.357 e. The van der Waals surface area contributed by atoms with Crippen LogP contribution in [0.25, 0.3) is 0 Å². The summed E-state index contributed by atoms with van der Waals surface area (Å²) < 4.78 is 4.68. The number of hydrogen-bond donors (Lipinski definition) is 1. The second-order valence-electron chi connectivity index (χ2n) is 3.97. The van der Waals surface area contributed by atoms with Crippen LogP contribution in [0.2, 0.25) is 0 Å². The zero-order chi connectivity index (χ0) is 13.8. The summed E-state index contributed by atoms with van der Waals surface area (Å²) in [6, 6.07) is 0. The summed E-state index contributed by atoms with van der Waals surface area (Å²) in [5.74, 6) is -0.391. The van der Waals surface area contributed by atoms with Crippen LogP contribution < -0.4 is 5.32 Å². The van der Waals surface area contributed by atoms with Crippen molar-refractivity contribution in [1.29, 1.82) is 0 Å². The predicted molar refractivity (Wildman–Crippen MR) is 77.2 cm³/mol. The number of esters is 1. The van der Waals surface area contributed by atoms with Crippen LogP contribution in [-0.2, 0) is 11.2 Å². The molecule has 2 aromatic rings. The molecule has 19 heavy (non-hydrogen) atoms. The molecule has 0 unspecified atom stereocenters. The Hall–Kier alpha value is -1.47. The molecule has 0 aliphatic carbocycles. The van der Waals surface area contributed by atoms with Crippen molar-refractivity contribution < 1.29 is 9.53 Å². The molecule has 0 aliphatic rings. The number of thiazole rings is 2. The molecular formula is C12H15N3O2S2. The third-order valence-corrected chi connectivity index (χ3v) is 4.41. The van der Waals surface area contributed by atoms with Crippen molar-refractivity contribution >= 4 is 33.8 Å². The number of aromatic nitrogens is 2. The second kappa shape index (κ2) is 6.12. The van der Waals surface area contributed by atoms with Gasteiger partial charge in [-0.25, -0.2) is 14.8 Å². The van der Waals surface area contributed by atoms with Crippen LogP contribution in [0.4, 0.5) is 5.13 Å². The molecule has 0 bridgehead atoms.